The van der Waals surface area contributed by atoms with E-state index in [1.54, 1.807) is 0 Å². The molecule has 0 aliphatic rings. The van der Waals surface area contributed by atoms with Crippen molar-refractivity contribution >= 4 is 5.91 Å². The van der Waals surface area contributed by atoms with E-state index >= 15 is 0 Å². The van der Waals surface area contributed by atoms with Crippen molar-refractivity contribution in [2.75, 3.05) is 26.2 Å². The van der Waals surface area contributed by atoms with Crippen LogP contribution in [-0.2, 0) is 4.79 Å². The summed E-state index contributed by atoms with van der Waals surface area (Å²) in [6.07, 6.45) is 2.96. The molecule has 0 aliphatic carbocycles. The van der Waals surface area contributed by atoms with Gasteiger partial charge >= 0.3 is 0 Å². The molecule has 0 saturated heterocycles. The van der Waals surface area contributed by atoms with E-state index in [0.717, 1.165) is 45.4 Å². The first-order valence-corrected chi connectivity index (χ1v) is 7.26. The highest BCUT2D eigenvalue weighted by atomic mass is 16.1. The molecule has 4 nitrogen and oxygen atoms in total. The summed E-state index contributed by atoms with van der Waals surface area (Å²) in [6.45, 7) is 12.0. The van der Waals surface area contributed by atoms with Crippen molar-refractivity contribution in [3.05, 3.63) is 0 Å². The largest absolute Gasteiger partial charge is 0.355 e. The number of nitrogens with zero attached hydrogens (tertiary/aromatic N) is 1. The van der Waals surface area contributed by atoms with Gasteiger partial charge in [-0.15, -0.1) is 0 Å². The van der Waals surface area contributed by atoms with Gasteiger partial charge in [-0.25, -0.2) is 0 Å². The molecule has 4 heteroatoms. The van der Waals surface area contributed by atoms with Crippen molar-refractivity contribution < 1.29 is 4.79 Å². The zero-order valence-electron chi connectivity index (χ0n) is 12.5. The molecule has 3 N–H and O–H groups in total. The molecule has 0 saturated carbocycles. The van der Waals surface area contributed by atoms with Crippen LogP contribution in [0.5, 0.6) is 0 Å². The third-order valence-electron chi connectivity index (χ3n) is 3.37. The van der Waals surface area contributed by atoms with Gasteiger partial charge in [0.25, 0.3) is 0 Å². The lowest BCUT2D eigenvalue weighted by atomic mass is 10.0. The molecule has 0 fully saturated rings. The number of amides is 1. The SMILES string of the molecule is CCN(CC)CCNC(=O)C(C)CCCC(C)N. The molecule has 2 atom stereocenters. The molecule has 0 aliphatic heterocycles. The van der Waals surface area contributed by atoms with Crippen molar-refractivity contribution in [2.24, 2.45) is 11.7 Å². The maximum absolute atomic E-state index is 11.8. The van der Waals surface area contributed by atoms with E-state index in [4.69, 9.17) is 5.73 Å². The second kappa shape index (κ2) is 10.3. The Hall–Kier alpha value is -0.610. The smallest absolute Gasteiger partial charge is 0.222 e. The van der Waals surface area contributed by atoms with E-state index in [1.807, 2.05) is 13.8 Å². The highest BCUT2D eigenvalue weighted by Crippen LogP contribution is 2.08. The number of carbonyl (C=O) groups is 1. The molecule has 1 amide bonds. The number of rotatable bonds is 10. The number of hydrogen-bond donors (Lipinski definition) is 2. The Kier molecular flexibility index (Phi) is 9.98. The Balaban J connectivity index is 3.67. The molecule has 108 valence electrons. The van der Waals surface area contributed by atoms with Gasteiger partial charge in [-0.1, -0.05) is 27.2 Å². The van der Waals surface area contributed by atoms with Crippen LogP contribution in [0, 0.1) is 5.92 Å². The number of hydrogen-bond acceptors (Lipinski definition) is 3. The first-order chi connectivity index (χ1) is 8.51. The Morgan fingerprint density at radius 3 is 2.33 bits per heavy atom. The summed E-state index contributed by atoms with van der Waals surface area (Å²) < 4.78 is 0. The van der Waals surface area contributed by atoms with Crippen LogP contribution >= 0.6 is 0 Å². The highest BCUT2D eigenvalue weighted by molar-refractivity contribution is 5.78. The Morgan fingerprint density at radius 1 is 1.22 bits per heavy atom. The zero-order chi connectivity index (χ0) is 14.0. The minimum absolute atomic E-state index is 0.0976. The molecule has 0 aromatic rings. The van der Waals surface area contributed by atoms with Crippen LogP contribution in [-0.4, -0.2) is 43.0 Å². The summed E-state index contributed by atoms with van der Waals surface area (Å²) in [4.78, 5) is 14.1. The van der Waals surface area contributed by atoms with Crippen molar-refractivity contribution in [2.45, 2.75) is 53.0 Å². The molecule has 0 aromatic carbocycles. The molecule has 0 heterocycles. The van der Waals surface area contributed by atoms with Gasteiger partial charge in [0.2, 0.25) is 5.91 Å². The molecular weight excluding hydrogens is 226 g/mol. The number of nitrogens with one attached hydrogen (secondary N) is 1. The van der Waals surface area contributed by atoms with Gasteiger partial charge in [-0.3, -0.25) is 4.79 Å². The third kappa shape index (κ3) is 8.48. The number of likely N-dealkylation sites (N-methyl/N-ethyl adjacent to an activating group) is 1. The summed E-state index contributed by atoms with van der Waals surface area (Å²) in [5.74, 6) is 0.271. The Labute approximate surface area is 112 Å². The van der Waals surface area contributed by atoms with Crippen LogP contribution in [0.2, 0.25) is 0 Å². The predicted molar refractivity (Wildman–Crippen MR) is 77.5 cm³/mol. The molecular formula is C14H31N3O. The van der Waals surface area contributed by atoms with Crippen LogP contribution in [0.4, 0.5) is 0 Å². The molecule has 18 heavy (non-hydrogen) atoms. The fourth-order valence-electron chi connectivity index (χ4n) is 1.93. The van der Waals surface area contributed by atoms with Crippen LogP contribution in [0.25, 0.3) is 0 Å². The van der Waals surface area contributed by atoms with Crippen molar-refractivity contribution in [1.29, 1.82) is 0 Å². The fraction of sp³-hybridized carbons (Fsp3) is 0.929. The second-order valence-corrected chi connectivity index (χ2v) is 5.13. The van der Waals surface area contributed by atoms with Gasteiger partial charge in [-0.05, 0) is 32.9 Å². The van der Waals surface area contributed by atoms with Gasteiger partial charge < -0.3 is 16.0 Å². The first-order valence-electron chi connectivity index (χ1n) is 7.26. The molecule has 0 aromatic heterocycles. The second-order valence-electron chi connectivity index (χ2n) is 5.13. The normalized spacial score (nSPS) is 14.6. The van der Waals surface area contributed by atoms with Gasteiger partial charge in [0, 0.05) is 25.0 Å². The van der Waals surface area contributed by atoms with E-state index in [-0.39, 0.29) is 17.9 Å². The number of carbonyl (C=O) groups excluding carboxylic acids is 1. The van der Waals surface area contributed by atoms with Crippen LogP contribution in [0.15, 0.2) is 0 Å². The summed E-state index contributed by atoms with van der Waals surface area (Å²) >= 11 is 0. The van der Waals surface area contributed by atoms with E-state index < -0.39 is 0 Å². The third-order valence-corrected chi connectivity index (χ3v) is 3.37. The summed E-state index contributed by atoms with van der Waals surface area (Å²) in [7, 11) is 0. The standard InChI is InChI=1S/C14H31N3O/c1-5-17(6-2)11-10-16-14(18)12(3)8-7-9-13(4)15/h12-13H,5-11,15H2,1-4H3,(H,16,18). The van der Waals surface area contributed by atoms with E-state index in [2.05, 4.69) is 24.1 Å². The lowest BCUT2D eigenvalue weighted by Gasteiger charge is -2.19. The quantitative estimate of drug-likeness (QED) is 0.625. The van der Waals surface area contributed by atoms with Crippen LogP contribution in [0.3, 0.4) is 0 Å². The highest BCUT2D eigenvalue weighted by Gasteiger charge is 2.12. The van der Waals surface area contributed by atoms with Gasteiger partial charge in [0.15, 0.2) is 0 Å². The van der Waals surface area contributed by atoms with Crippen LogP contribution < -0.4 is 11.1 Å². The Bertz CT molecular complexity index is 215. The summed E-state index contributed by atoms with van der Waals surface area (Å²) in [6, 6.07) is 0.239. The minimum Gasteiger partial charge on any atom is -0.355 e. The maximum Gasteiger partial charge on any atom is 0.222 e. The van der Waals surface area contributed by atoms with Crippen molar-refractivity contribution in [3.8, 4) is 0 Å². The minimum atomic E-state index is 0.0976. The predicted octanol–water partition coefficient (Wildman–Crippen LogP) is 1.60. The van der Waals surface area contributed by atoms with Gasteiger partial charge in [0.1, 0.15) is 0 Å². The lowest BCUT2D eigenvalue weighted by molar-refractivity contribution is -0.124. The van der Waals surface area contributed by atoms with E-state index in [0.29, 0.717) is 0 Å². The van der Waals surface area contributed by atoms with E-state index in [9.17, 15) is 4.79 Å². The summed E-state index contributed by atoms with van der Waals surface area (Å²) in [5, 5.41) is 3.01. The maximum atomic E-state index is 11.8. The topological polar surface area (TPSA) is 58.4 Å². The zero-order valence-corrected chi connectivity index (χ0v) is 12.5. The Morgan fingerprint density at radius 2 is 1.83 bits per heavy atom. The molecule has 0 bridgehead atoms. The molecule has 2 unspecified atom stereocenters. The lowest BCUT2D eigenvalue weighted by Crippen LogP contribution is -2.37. The van der Waals surface area contributed by atoms with Crippen molar-refractivity contribution in [3.63, 3.8) is 0 Å². The average Bonchev–Trinajstić information content (AvgIpc) is 2.33. The fourth-order valence-corrected chi connectivity index (χ4v) is 1.93. The first kappa shape index (κ1) is 17.4. The van der Waals surface area contributed by atoms with E-state index in [1.165, 1.54) is 0 Å². The molecule has 0 radical (unpaired) electrons. The monoisotopic (exact) mass is 257 g/mol. The van der Waals surface area contributed by atoms with Gasteiger partial charge in [-0.2, -0.15) is 0 Å². The van der Waals surface area contributed by atoms with Crippen molar-refractivity contribution in [1.82, 2.24) is 10.2 Å². The average molecular weight is 257 g/mol. The molecule has 0 rings (SSSR count). The van der Waals surface area contributed by atoms with Gasteiger partial charge in [0.05, 0.1) is 0 Å². The summed E-state index contributed by atoms with van der Waals surface area (Å²) in [5.41, 5.74) is 5.69. The van der Waals surface area contributed by atoms with Crippen LogP contribution in [0.1, 0.15) is 47.0 Å². The molecule has 0 spiro atoms. The number of nitrogens with two attached hydrogens (primary N) is 1.